The molecule has 0 atom stereocenters. The first-order valence-electron chi connectivity index (χ1n) is 10.7. The number of ether oxygens (including phenoxy) is 1. The summed E-state index contributed by atoms with van der Waals surface area (Å²) in [6, 6.07) is 17.3. The van der Waals surface area contributed by atoms with Gasteiger partial charge in [-0.15, -0.1) is 0 Å². The van der Waals surface area contributed by atoms with Gasteiger partial charge in [0.1, 0.15) is 11.3 Å². The minimum absolute atomic E-state index is 0.0239. The summed E-state index contributed by atoms with van der Waals surface area (Å²) in [5, 5.41) is 12.1. The number of ketones is 1. The number of carbonyl (C=O) groups excluding carboxylic acids is 1. The molecule has 7 heteroatoms. The molecule has 1 saturated heterocycles. The van der Waals surface area contributed by atoms with Crippen molar-refractivity contribution in [3.05, 3.63) is 65.7 Å². The predicted molar refractivity (Wildman–Crippen MR) is 124 cm³/mol. The Bertz CT molecular complexity index is 1340. The van der Waals surface area contributed by atoms with Crippen molar-refractivity contribution in [1.29, 1.82) is 0 Å². The first kappa shape index (κ1) is 18.9. The van der Waals surface area contributed by atoms with Gasteiger partial charge < -0.3 is 24.8 Å². The lowest BCUT2D eigenvalue weighted by molar-refractivity contribution is 0.104. The summed E-state index contributed by atoms with van der Waals surface area (Å²) >= 11 is 0. The second-order valence-corrected chi connectivity index (χ2v) is 8.02. The predicted octanol–water partition coefficient (Wildman–Crippen LogP) is 4.20. The largest absolute Gasteiger partial charge is 0.497 e. The molecule has 1 aromatic heterocycles. The topological polar surface area (TPSA) is 79.6 Å². The number of benzene rings is 3. The van der Waals surface area contributed by atoms with E-state index in [2.05, 4.69) is 20.7 Å². The summed E-state index contributed by atoms with van der Waals surface area (Å²) in [4.78, 5) is 15.9. The second kappa shape index (κ2) is 7.39. The van der Waals surface area contributed by atoms with Gasteiger partial charge >= 0.3 is 0 Å². The van der Waals surface area contributed by atoms with Crippen molar-refractivity contribution in [2.24, 2.45) is 0 Å². The molecule has 0 unspecified atom stereocenters. The number of hydrogen-bond acceptors (Lipinski definition) is 7. The maximum absolute atomic E-state index is 13.6. The molecule has 2 N–H and O–H groups in total. The summed E-state index contributed by atoms with van der Waals surface area (Å²) in [6.07, 6.45) is 0. The fourth-order valence-electron chi connectivity index (χ4n) is 4.62. The average Bonchev–Trinajstić information content (AvgIpc) is 3.29. The van der Waals surface area contributed by atoms with Crippen molar-refractivity contribution in [3.63, 3.8) is 0 Å². The molecule has 0 radical (unpaired) electrons. The number of anilines is 3. The van der Waals surface area contributed by atoms with Crippen LogP contribution in [0.15, 0.2) is 59.1 Å². The number of aromatic nitrogens is 1. The SMILES string of the molecule is COc1ccc(Nc2cc(N3CCNCC3)c3noc4c3c2C(=O)c2ccccc2-4)cc1. The van der Waals surface area contributed by atoms with E-state index in [1.165, 1.54) is 0 Å². The molecular weight excluding hydrogens is 404 g/mol. The van der Waals surface area contributed by atoms with Crippen LogP contribution in [-0.4, -0.2) is 44.2 Å². The fourth-order valence-corrected chi connectivity index (χ4v) is 4.62. The van der Waals surface area contributed by atoms with Crippen molar-refractivity contribution in [1.82, 2.24) is 10.5 Å². The molecule has 0 amide bonds. The summed E-state index contributed by atoms with van der Waals surface area (Å²) in [7, 11) is 1.64. The third-order valence-corrected chi connectivity index (χ3v) is 6.21. The van der Waals surface area contributed by atoms with Crippen molar-refractivity contribution in [2.75, 3.05) is 43.5 Å². The third-order valence-electron chi connectivity index (χ3n) is 6.21. The number of rotatable bonds is 4. The molecule has 6 rings (SSSR count). The van der Waals surface area contributed by atoms with Gasteiger partial charge in [0.2, 0.25) is 0 Å². The molecule has 7 nitrogen and oxygen atoms in total. The third kappa shape index (κ3) is 2.85. The Labute approximate surface area is 185 Å². The quantitative estimate of drug-likeness (QED) is 0.446. The zero-order valence-electron chi connectivity index (χ0n) is 17.6. The van der Waals surface area contributed by atoms with Gasteiger partial charge in [-0.2, -0.15) is 0 Å². The number of hydrogen-bond donors (Lipinski definition) is 2. The first-order valence-corrected chi connectivity index (χ1v) is 10.7. The second-order valence-electron chi connectivity index (χ2n) is 8.02. The van der Waals surface area contributed by atoms with Crippen LogP contribution < -0.4 is 20.3 Å². The van der Waals surface area contributed by atoms with Gasteiger partial charge in [0.05, 0.1) is 29.4 Å². The van der Waals surface area contributed by atoms with E-state index < -0.39 is 0 Å². The van der Waals surface area contributed by atoms with Gasteiger partial charge in [0, 0.05) is 43.0 Å². The summed E-state index contributed by atoms with van der Waals surface area (Å²) in [5.74, 6) is 1.41. The zero-order valence-corrected chi connectivity index (χ0v) is 17.6. The zero-order chi connectivity index (χ0) is 21.7. The maximum atomic E-state index is 13.6. The van der Waals surface area contributed by atoms with Crippen LogP contribution in [0, 0.1) is 0 Å². The maximum Gasteiger partial charge on any atom is 0.196 e. The van der Waals surface area contributed by atoms with Crippen molar-refractivity contribution >= 4 is 33.7 Å². The molecule has 32 heavy (non-hydrogen) atoms. The minimum atomic E-state index is -0.0239. The normalized spacial score (nSPS) is 15.0. The van der Waals surface area contributed by atoms with Crippen molar-refractivity contribution in [3.8, 4) is 17.1 Å². The monoisotopic (exact) mass is 426 g/mol. The lowest BCUT2D eigenvalue weighted by atomic mass is 9.86. The van der Waals surface area contributed by atoms with Crippen molar-refractivity contribution in [2.45, 2.75) is 0 Å². The van der Waals surface area contributed by atoms with E-state index in [9.17, 15) is 4.79 Å². The number of carbonyl (C=O) groups is 1. The summed E-state index contributed by atoms with van der Waals surface area (Å²) in [5.41, 5.74) is 5.36. The standard InChI is InChI=1S/C25H22N4O3/c1-31-16-8-6-15(7-9-16)27-19-14-20(29-12-10-26-11-13-29)23-22-21(19)24(30)17-4-2-3-5-18(17)25(22)32-28-23/h2-9,14,26-27H,10-13H2,1H3. The molecule has 1 aliphatic carbocycles. The smallest absolute Gasteiger partial charge is 0.196 e. The molecule has 2 aliphatic rings. The Morgan fingerprint density at radius 3 is 2.56 bits per heavy atom. The van der Waals surface area contributed by atoms with E-state index in [1.54, 1.807) is 7.11 Å². The Kier molecular flexibility index (Phi) is 4.36. The highest BCUT2D eigenvalue weighted by atomic mass is 16.5. The van der Waals surface area contributed by atoms with Crippen LogP contribution in [-0.2, 0) is 0 Å². The van der Waals surface area contributed by atoms with Gasteiger partial charge in [0.25, 0.3) is 0 Å². The lowest BCUT2D eigenvalue weighted by Gasteiger charge is -2.30. The van der Waals surface area contributed by atoms with Crippen LogP contribution in [0.25, 0.3) is 22.2 Å². The molecule has 0 saturated carbocycles. The van der Waals surface area contributed by atoms with Crippen LogP contribution in [0.1, 0.15) is 15.9 Å². The van der Waals surface area contributed by atoms with Crippen molar-refractivity contribution < 1.29 is 14.1 Å². The minimum Gasteiger partial charge on any atom is -0.497 e. The molecule has 4 aromatic rings. The van der Waals surface area contributed by atoms with Crippen LogP contribution >= 0.6 is 0 Å². The van der Waals surface area contributed by atoms with Crippen LogP contribution in [0.5, 0.6) is 5.75 Å². The number of nitrogens with one attached hydrogen (secondary N) is 2. The molecule has 1 fully saturated rings. The van der Waals surface area contributed by atoms with E-state index in [-0.39, 0.29) is 5.78 Å². The van der Waals surface area contributed by atoms with E-state index in [0.717, 1.165) is 65.5 Å². The Morgan fingerprint density at radius 2 is 1.81 bits per heavy atom. The molecule has 0 spiro atoms. The van der Waals surface area contributed by atoms with Gasteiger partial charge in [-0.05, 0) is 30.3 Å². The Hall–Kier alpha value is -3.84. The average molecular weight is 426 g/mol. The highest BCUT2D eigenvalue weighted by molar-refractivity contribution is 6.28. The number of methoxy groups -OCH3 is 1. The van der Waals surface area contributed by atoms with Crippen LogP contribution in [0.4, 0.5) is 17.1 Å². The van der Waals surface area contributed by atoms with Gasteiger partial charge in [0.15, 0.2) is 11.5 Å². The van der Waals surface area contributed by atoms with E-state index in [1.807, 2.05) is 54.6 Å². The lowest BCUT2D eigenvalue weighted by Crippen LogP contribution is -2.43. The fraction of sp³-hybridized carbons (Fsp3) is 0.200. The first-order chi connectivity index (χ1) is 15.7. The van der Waals surface area contributed by atoms with E-state index in [0.29, 0.717) is 16.9 Å². The van der Waals surface area contributed by atoms with E-state index in [4.69, 9.17) is 9.26 Å². The molecule has 160 valence electrons. The summed E-state index contributed by atoms with van der Waals surface area (Å²) in [6.45, 7) is 3.53. The van der Waals surface area contributed by atoms with Crippen LogP contribution in [0.2, 0.25) is 0 Å². The Morgan fingerprint density at radius 1 is 1.06 bits per heavy atom. The van der Waals surface area contributed by atoms with E-state index >= 15 is 0 Å². The van der Waals surface area contributed by atoms with Gasteiger partial charge in [-0.1, -0.05) is 29.4 Å². The van der Waals surface area contributed by atoms with Gasteiger partial charge in [-0.25, -0.2) is 0 Å². The Balaban J connectivity index is 1.58. The highest BCUT2D eigenvalue weighted by Crippen LogP contribution is 2.46. The summed E-state index contributed by atoms with van der Waals surface area (Å²) < 4.78 is 11.1. The van der Waals surface area contributed by atoms with Gasteiger partial charge in [-0.3, -0.25) is 4.79 Å². The van der Waals surface area contributed by atoms with Crippen LogP contribution in [0.3, 0.4) is 0 Å². The molecule has 2 heterocycles. The number of fused-ring (bicyclic) bond motifs is 2. The highest BCUT2D eigenvalue weighted by Gasteiger charge is 2.33. The molecule has 3 aromatic carbocycles. The number of nitrogens with zero attached hydrogens (tertiary/aromatic N) is 2. The molecule has 0 bridgehead atoms. The molecule has 1 aliphatic heterocycles. The molecular formula is C25H22N4O3. The number of piperazine rings is 1.